The minimum atomic E-state index is 0.0666. The minimum absolute atomic E-state index is 0.0666. The normalized spacial score (nSPS) is 10.3. The zero-order valence-electron chi connectivity index (χ0n) is 12.0. The number of thioether (sulfide) groups is 1. The number of carbonyl (C=O) groups excluding carboxylic acids is 1. The van der Waals surface area contributed by atoms with E-state index in [1.54, 1.807) is 18.4 Å². The number of amides is 1. The lowest BCUT2D eigenvalue weighted by Crippen LogP contribution is -2.27. The van der Waals surface area contributed by atoms with Crippen molar-refractivity contribution in [2.45, 2.75) is 12.2 Å². The molecule has 1 heterocycles. The Bertz CT molecular complexity index is 538. The van der Waals surface area contributed by atoms with E-state index in [2.05, 4.69) is 22.8 Å². The van der Waals surface area contributed by atoms with Gasteiger partial charge in [-0.1, -0.05) is 18.2 Å². The van der Waals surface area contributed by atoms with Crippen LogP contribution in [0.15, 0.2) is 41.8 Å². The summed E-state index contributed by atoms with van der Waals surface area (Å²) in [5, 5.41) is 5.04. The van der Waals surface area contributed by atoms with Gasteiger partial charge in [-0.3, -0.25) is 4.79 Å². The first-order valence-electron chi connectivity index (χ1n) is 6.77. The monoisotopic (exact) mass is 321 g/mol. The maximum Gasteiger partial charge on any atom is 0.224 e. The molecule has 2 aromatic rings. The van der Waals surface area contributed by atoms with Crippen LogP contribution >= 0.6 is 23.1 Å². The molecule has 0 unspecified atom stereocenters. The van der Waals surface area contributed by atoms with Crippen molar-refractivity contribution in [2.24, 2.45) is 0 Å². The highest BCUT2D eigenvalue weighted by atomic mass is 32.2. The molecular weight excluding hydrogens is 302 g/mol. The van der Waals surface area contributed by atoms with E-state index in [-0.39, 0.29) is 5.91 Å². The number of rotatable bonds is 8. The molecule has 0 aliphatic heterocycles. The first-order chi connectivity index (χ1) is 10.3. The number of carbonyl (C=O) groups is 1. The summed E-state index contributed by atoms with van der Waals surface area (Å²) in [5.74, 6) is 2.83. The predicted octanol–water partition coefficient (Wildman–Crippen LogP) is 3.35. The summed E-state index contributed by atoms with van der Waals surface area (Å²) in [6.07, 6.45) is 0.416. The molecule has 0 aliphatic rings. The molecule has 0 fully saturated rings. The van der Waals surface area contributed by atoms with Gasteiger partial charge in [-0.2, -0.15) is 11.8 Å². The Morgan fingerprint density at radius 2 is 2.10 bits per heavy atom. The number of thiophene rings is 1. The number of hydrogen-bond acceptors (Lipinski definition) is 4. The van der Waals surface area contributed by atoms with Crippen LogP contribution in [0.1, 0.15) is 10.4 Å². The van der Waals surface area contributed by atoms with Crippen molar-refractivity contribution in [1.29, 1.82) is 0 Å². The van der Waals surface area contributed by atoms with Crippen molar-refractivity contribution in [1.82, 2.24) is 5.32 Å². The molecule has 0 saturated carbocycles. The summed E-state index contributed by atoms with van der Waals surface area (Å²) in [6.45, 7) is 0.713. The third-order valence-corrected chi connectivity index (χ3v) is 4.98. The molecule has 0 saturated heterocycles. The van der Waals surface area contributed by atoms with Crippen LogP contribution in [0.3, 0.4) is 0 Å². The van der Waals surface area contributed by atoms with Crippen LogP contribution in [-0.4, -0.2) is 25.3 Å². The molecule has 1 aromatic carbocycles. The van der Waals surface area contributed by atoms with Crippen molar-refractivity contribution >= 4 is 29.0 Å². The summed E-state index contributed by atoms with van der Waals surface area (Å²) < 4.78 is 5.09. The molecule has 5 heteroatoms. The maximum atomic E-state index is 11.8. The lowest BCUT2D eigenvalue weighted by Gasteiger charge is -2.06. The average Bonchev–Trinajstić information content (AvgIpc) is 3.01. The maximum absolute atomic E-state index is 11.8. The number of benzene rings is 1. The molecule has 0 bridgehead atoms. The quantitative estimate of drug-likeness (QED) is 0.758. The predicted molar refractivity (Wildman–Crippen MR) is 90.2 cm³/mol. The first-order valence-corrected chi connectivity index (χ1v) is 8.81. The molecule has 21 heavy (non-hydrogen) atoms. The lowest BCUT2D eigenvalue weighted by molar-refractivity contribution is -0.120. The van der Waals surface area contributed by atoms with E-state index in [1.165, 1.54) is 4.88 Å². The van der Waals surface area contributed by atoms with Gasteiger partial charge in [0.05, 0.1) is 13.5 Å². The molecular formula is C16H19NO2S2. The van der Waals surface area contributed by atoms with E-state index in [4.69, 9.17) is 4.74 Å². The molecule has 0 radical (unpaired) electrons. The summed E-state index contributed by atoms with van der Waals surface area (Å²) in [7, 11) is 1.63. The van der Waals surface area contributed by atoms with E-state index in [0.29, 0.717) is 13.0 Å². The summed E-state index contributed by atoms with van der Waals surface area (Å²) in [5.41, 5.74) is 1.000. The van der Waals surface area contributed by atoms with Gasteiger partial charge in [0.2, 0.25) is 5.91 Å². The fourth-order valence-corrected chi connectivity index (χ4v) is 3.52. The largest absolute Gasteiger partial charge is 0.497 e. The topological polar surface area (TPSA) is 38.3 Å². The van der Waals surface area contributed by atoms with Gasteiger partial charge in [-0.25, -0.2) is 0 Å². The molecule has 0 aliphatic carbocycles. The fourth-order valence-electron chi connectivity index (χ4n) is 1.82. The Balaban J connectivity index is 1.60. The highest BCUT2D eigenvalue weighted by Crippen LogP contribution is 2.16. The number of hydrogen-bond donors (Lipinski definition) is 1. The van der Waals surface area contributed by atoms with Gasteiger partial charge < -0.3 is 10.1 Å². The Morgan fingerprint density at radius 1 is 1.29 bits per heavy atom. The third kappa shape index (κ3) is 5.81. The Hall–Kier alpha value is -1.46. The van der Waals surface area contributed by atoms with Crippen LogP contribution in [0.5, 0.6) is 5.75 Å². The van der Waals surface area contributed by atoms with Gasteiger partial charge in [0.1, 0.15) is 5.75 Å². The molecule has 1 amide bonds. The molecule has 2 rings (SSSR count). The first kappa shape index (κ1) is 15.9. The van der Waals surface area contributed by atoms with Crippen LogP contribution in [0.2, 0.25) is 0 Å². The average molecular weight is 321 g/mol. The van der Waals surface area contributed by atoms with Crippen LogP contribution in [-0.2, 0) is 17.0 Å². The van der Waals surface area contributed by atoms with E-state index in [9.17, 15) is 4.79 Å². The SMILES string of the molecule is COc1ccc(CC(=O)NCCSCc2cccs2)cc1. The molecule has 1 aromatic heterocycles. The standard InChI is InChI=1S/C16H19NO2S2/c1-19-14-6-4-13(5-7-14)11-16(18)17-8-10-20-12-15-3-2-9-21-15/h2-7,9H,8,10-12H2,1H3,(H,17,18). The van der Waals surface area contributed by atoms with Crippen LogP contribution in [0, 0.1) is 0 Å². The summed E-state index contributed by atoms with van der Waals surface area (Å²) in [6, 6.07) is 11.8. The second-order valence-corrected chi connectivity index (χ2v) is 6.64. The number of ether oxygens (including phenoxy) is 1. The second kappa shape index (κ2) is 8.74. The highest BCUT2D eigenvalue weighted by molar-refractivity contribution is 7.98. The Morgan fingerprint density at radius 3 is 2.76 bits per heavy atom. The van der Waals surface area contributed by atoms with Gasteiger partial charge in [-0.15, -0.1) is 11.3 Å². The zero-order valence-corrected chi connectivity index (χ0v) is 13.6. The van der Waals surface area contributed by atoms with E-state index < -0.39 is 0 Å². The Labute approximate surface area is 133 Å². The third-order valence-electron chi connectivity index (χ3n) is 2.92. The Kier molecular flexibility index (Phi) is 6.63. The number of methoxy groups -OCH3 is 1. The fraction of sp³-hybridized carbons (Fsp3) is 0.312. The minimum Gasteiger partial charge on any atom is -0.497 e. The second-order valence-electron chi connectivity index (χ2n) is 4.51. The lowest BCUT2D eigenvalue weighted by atomic mass is 10.1. The van der Waals surface area contributed by atoms with Gasteiger partial charge in [-0.05, 0) is 29.1 Å². The van der Waals surface area contributed by atoms with Crippen molar-refractivity contribution < 1.29 is 9.53 Å². The summed E-state index contributed by atoms with van der Waals surface area (Å²) in [4.78, 5) is 13.2. The van der Waals surface area contributed by atoms with Crippen LogP contribution in [0.4, 0.5) is 0 Å². The van der Waals surface area contributed by atoms with Crippen molar-refractivity contribution in [3.8, 4) is 5.75 Å². The molecule has 1 N–H and O–H groups in total. The van der Waals surface area contributed by atoms with E-state index in [0.717, 1.165) is 22.8 Å². The smallest absolute Gasteiger partial charge is 0.224 e. The van der Waals surface area contributed by atoms with E-state index >= 15 is 0 Å². The van der Waals surface area contributed by atoms with Gasteiger partial charge >= 0.3 is 0 Å². The highest BCUT2D eigenvalue weighted by Gasteiger charge is 2.03. The number of nitrogens with one attached hydrogen (secondary N) is 1. The molecule has 112 valence electrons. The summed E-state index contributed by atoms with van der Waals surface area (Å²) >= 11 is 3.62. The van der Waals surface area contributed by atoms with Gasteiger partial charge in [0.25, 0.3) is 0 Å². The van der Waals surface area contributed by atoms with Crippen molar-refractivity contribution in [3.63, 3.8) is 0 Å². The van der Waals surface area contributed by atoms with Crippen molar-refractivity contribution in [2.75, 3.05) is 19.4 Å². The molecule has 0 spiro atoms. The molecule has 0 atom stereocenters. The van der Waals surface area contributed by atoms with Crippen LogP contribution in [0.25, 0.3) is 0 Å². The molecule has 3 nitrogen and oxygen atoms in total. The van der Waals surface area contributed by atoms with E-state index in [1.807, 2.05) is 36.0 Å². The van der Waals surface area contributed by atoms with Crippen molar-refractivity contribution in [3.05, 3.63) is 52.2 Å². The zero-order chi connectivity index (χ0) is 14.9. The van der Waals surface area contributed by atoms with Gasteiger partial charge in [0.15, 0.2) is 0 Å². The van der Waals surface area contributed by atoms with Gasteiger partial charge in [0, 0.05) is 22.9 Å². The van der Waals surface area contributed by atoms with Crippen LogP contribution < -0.4 is 10.1 Å².